The predicted octanol–water partition coefficient (Wildman–Crippen LogP) is 4.04. The van der Waals surface area contributed by atoms with E-state index in [1.165, 1.54) is 0 Å². The molecule has 0 saturated carbocycles. The zero-order valence-corrected chi connectivity index (χ0v) is 13.9. The van der Waals surface area contributed by atoms with Crippen molar-refractivity contribution in [3.05, 3.63) is 64.2 Å². The first-order valence-corrected chi connectivity index (χ1v) is 7.58. The highest BCUT2D eigenvalue weighted by atomic mass is 16.5. The van der Waals surface area contributed by atoms with Crippen molar-refractivity contribution in [1.82, 2.24) is 0 Å². The molecular weight excluding hydrogens is 290 g/mol. The molecule has 1 N–H and O–H groups in total. The van der Waals surface area contributed by atoms with Gasteiger partial charge in [0.25, 0.3) is 5.91 Å². The molecule has 0 unspecified atom stereocenters. The SMILES string of the molecule is CCOC(=O)c1ccc(NC(=O)c2cc(C)ccc2C)c(C)c1. The maximum Gasteiger partial charge on any atom is 0.338 e. The number of carbonyl (C=O) groups is 2. The summed E-state index contributed by atoms with van der Waals surface area (Å²) >= 11 is 0. The van der Waals surface area contributed by atoms with Crippen molar-refractivity contribution in [2.45, 2.75) is 27.7 Å². The van der Waals surface area contributed by atoms with Gasteiger partial charge in [0.2, 0.25) is 0 Å². The lowest BCUT2D eigenvalue weighted by molar-refractivity contribution is 0.0526. The van der Waals surface area contributed by atoms with Gasteiger partial charge in [0.1, 0.15) is 0 Å². The normalized spacial score (nSPS) is 10.3. The van der Waals surface area contributed by atoms with Gasteiger partial charge in [-0.05, 0) is 63.1 Å². The van der Waals surface area contributed by atoms with Gasteiger partial charge in [-0.25, -0.2) is 4.79 Å². The molecule has 1 amide bonds. The van der Waals surface area contributed by atoms with E-state index in [0.717, 1.165) is 16.7 Å². The number of esters is 1. The molecule has 0 aromatic heterocycles. The van der Waals surface area contributed by atoms with Gasteiger partial charge in [0, 0.05) is 11.3 Å². The van der Waals surface area contributed by atoms with Crippen LogP contribution in [0.2, 0.25) is 0 Å². The Labute approximate surface area is 136 Å². The lowest BCUT2D eigenvalue weighted by Gasteiger charge is -2.12. The zero-order valence-electron chi connectivity index (χ0n) is 13.9. The maximum absolute atomic E-state index is 12.5. The van der Waals surface area contributed by atoms with Crippen LogP contribution in [0.3, 0.4) is 0 Å². The molecule has 2 aromatic carbocycles. The van der Waals surface area contributed by atoms with Gasteiger partial charge >= 0.3 is 5.97 Å². The first kappa shape index (κ1) is 16.7. The second-order valence-corrected chi connectivity index (χ2v) is 5.52. The van der Waals surface area contributed by atoms with Crippen molar-refractivity contribution < 1.29 is 14.3 Å². The number of hydrogen-bond donors (Lipinski definition) is 1. The van der Waals surface area contributed by atoms with Crippen molar-refractivity contribution in [2.75, 3.05) is 11.9 Å². The van der Waals surface area contributed by atoms with Gasteiger partial charge < -0.3 is 10.1 Å². The monoisotopic (exact) mass is 311 g/mol. The van der Waals surface area contributed by atoms with E-state index in [0.29, 0.717) is 23.4 Å². The molecule has 0 aliphatic carbocycles. The van der Waals surface area contributed by atoms with Crippen LogP contribution in [0.4, 0.5) is 5.69 Å². The van der Waals surface area contributed by atoms with E-state index in [1.54, 1.807) is 25.1 Å². The Morgan fingerprint density at radius 2 is 1.74 bits per heavy atom. The van der Waals surface area contributed by atoms with Crippen LogP contribution in [-0.4, -0.2) is 18.5 Å². The number of benzene rings is 2. The van der Waals surface area contributed by atoms with E-state index in [1.807, 2.05) is 39.0 Å². The zero-order chi connectivity index (χ0) is 17.0. The number of carbonyl (C=O) groups excluding carboxylic acids is 2. The van der Waals surface area contributed by atoms with Crippen LogP contribution in [-0.2, 0) is 4.74 Å². The van der Waals surface area contributed by atoms with Crippen LogP contribution in [0.25, 0.3) is 0 Å². The van der Waals surface area contributed by atoms with Crippen molar-refractivity contribution in [1.29, 1.82) is 0 Å². The Hall–Kier alpha value is -2.62. The average Bonchev–Trinajstić information content (AvgIpc) is 2.51. The second-order valence-electron chi connectivity index (χ2n) is 5.52. The quantitative estimate of drug-likeness (QED) is 0.867. The summed E-state index contributed by atoms with van der Waals surface area (Å²) in [6.45, 7) is 7.81. The van der Waals surface area contributed by atoms with Gasteiger partial charge in [-0.1, -0.05) is 17.7 Å². The largest absolute Gasteiger partial charge is 0.462 e. The topological polar surface area (TPSA) is 55.4 Å². The second kappa shape index (κ2) is 7.09. The standard InChI is InChI=1S/C19H21NO3/c1-5-23-19(22)15-8-9-17(14(4)11-15)20-18(21)16-10-12(2)6-7-13(16)3/h6-11H,5H2,1-4H3,(H,20,21). The summed E-state index contributed by atoms with van der Waals surface area (Å²) in [5, 5.41) is 2.90. The number of aryl methyl sites for hydroxylation is 3. The lowest BCUT2D eigenvalue weighted by Crippen LogP contribution is -2.15. The number of ether oxygens (including phenoxy) is 1. The molecule has 0 radical (unpaired) electrons. The van der Waals surface area contributed by atoms with Crippen LogP contribution in [0, 0.1) is 20.8 Å². The lowest BCUT2D eigenvalue weighted by atomic mass is 10.0. The Kier molecular flexibility index (Phi) is 5.16. The van der Waals surface area contributed by atoms with E-state index in [9.17, 15) is 9.59 Å². The number of hydrogen-bond acceptors (Lipinski definition) is 3. The highest BCUT2D eigenvalue weighted by Crippen LogP contribution is 2.19. The molecule has 0 aliphatic rings. The van der Waals surface area contributed by atoms with E-state index in [-0.39, 0.29) is 11.9 Å². The summed E-state index contributed by atoms with van der Waals surface area (Å²) in [4.78, 5) is 24.2. The fraction of sp³-hybridized carbons (Fsp3) is 0.263. The van der Waals surface area contributed by atoms with Crippen molar-refractivity contribution in [3.8, 4) is 0 Å². The number of rotatable bonds is 4. The predicted molar refractivity (Wildman–Crippen MR) is 91.0 cm³/mol. The van der Waals surface area contributed by atoms with Crippen molar-refractivity contribution in [2.24, 2.45) is 0 Å². The van der Waals surface area contributed by atoms with Crippen molar-refractivity contribution in [3.63, 3.8) is 0 Å². The fourth-order valence-corrected chi connectivity index (χ4v) is 2.32. The highest BCUT2D eigenvalue weighted by Gasteiger charge is 2.13. The summed E-state index contributed by atoms with van der Waals surface area (Å²) in [5.41, 5.74) is 4.59. The summed E-state index contributed by atoms with van der Waals surface area (Å²) < 4.78 is 4.98. The first-order valence-electron chi connectivity index (χ1n) is 7.58. The fourth-order valence-electron chi connectivity index (χ4n) is 2.32. The molecule has 4 heteroatoms. The molecule has 2 aromatic rings. The van der Waals surface area contributed by atoms with Gasteiger partial charge in [-0.2, -0.15) is 0 Å². The number of nitrogens with one attached hydrogen (secondary N) is 1. The van der Waals surface area contributed by atoms with Crippen LogP contribution < -0.4 is 5.32 Å². The van der Waals surface area contributed by atoms with Crippen molar-refractivity contribution >= 4 is 17.6 Å². The van der Waals surface area contributed by atoms with Crippen LogP contribution in [0.5, 0.6) is 0 Å². The smallest absolute Gasteiger partial charge is 0.338 e. The molecule has 2 rings (SSSR count). The molecule has 120 valence electrons. The van der Waals surface area contributed by atoms with Gasteiger partial charge in [0.05, 0.1) is 12.2 Å². The van der Waals surface area contributed by atoms with E-state index < -0.39 is 0 Å². The van der Waals surface area contributed by atoms with Gasteiger partial charge in [-0.15, -0.1) is 0 Å². The van der Waals surface area contributed by atoms with Crippen LogP contribution in [0.1, 0.15) is 44.3 Å². The molecule has 0 spiro atoms. The highest BCUT2D eigenvalue weighted by molar-refractivity contribution is 6.06. The molecule has 23 heavy (non-hydrogen) atoms. The molecular formula is C19H21NO3. The van der Waals surface area contributed by atoms with E-state index in [4.69, 9.17) is 4.74 Å². The summed E-state index contributed by atoms with van der Waals surface area (Å²) in [6.07, 6.45) is 0. The summed E-state index contributed by atoms with van der Waals surface area (Å²) in [5.74, 6) is -0.513. The average molecular weight is 311 g/mol. The third-order valence-corrected chi connectivity index (χ3v) is 3.62. The number of amides is 1. The molecule has 0 bridgehead atoms. The van der Waals surface area contributed by atoms with Crippen LogP contribution >= 0.6 is 0 Å². The van der Waals surface area contributed by atoms with Gasteiger partial charge in [0.15, 0.2) is 0 Å². The molecule has 4 nitrogen and oxygen atoms in total. The van der Waals surface area contributed by atoms with E-state index >= 15 is 0 Å². The molecule has 0 atom stereocenters. The number of anilines is 1. The minimum absolute atomic E-state index is 0.154. The maximum atomic E-state index is 12.5. The molecule has 0 saturated heterocycles. The minimum atomic E-state index is -0.358. The Balaban J connectivity index is 2.21. The third kappa shape index (κ3) is 3.97. The van der Waals surface area contributed by atoms with Crippen LogP contribution in [0.15, 0.2) is 36.4 Å². The van der Waals surface area contributed by atoms with E-state index in [2.05, 4.69) is 5.32 Å². The Bertz CT molecular complexity index is 750. The Morgan fingerprint density at radius 1 is 1.00 bits per heavy atom. The first-order chi connectivity index (χ1) is 10.9. The minimum Gasteiger partial charge on any atom is -0.462 e. The summed E-state index contributed by atoms with van der Waals surface area (Å²) in [6, 6.07) is 10.9. The molecule has 0 heterocycles. The third-order valence-electron chi connectivity index (χ3n) is 3.62. The summed E-state index contributed by atoms with van der Waals surface area (Å²) in [7, 11) is 0. The molecule has 0 fully saturated rings. The van der Waals surface area contributed by atoms with Gasteiger partial charge in [-0.3, -0.25) is 4.79 Å². The molecule has 0 aliphatic heterocycles. The Morgan fingerprint density at radius 3 is 2.39 bits per heavy atom.